The number of ether oxygens (including phenoxy) is 2. The van der Waals surface area contributed by atoms with Crippen molar-refractivity contribution in [3.05, 3.63) is 71.8 Å². The van der Waals surface area contributed by atoms with Crippen molar-refractivity contribution in [3.63, 3.8) is 0 Å². The molecule has 0 aliphatic carbocycles. The molecule has 278 valence electrons. The normalized spacial score (nSPS) is 19.6. The molecule has 0 saturated carbocycles. The summed E-state index contributed by atoms with van der Waals surface area (Å²) in [6.07, 6.45) is 2.37. The smallest absolute Gasteiger partial charge is 0.243 e. The summed E-state index contributed by atoms with van der Waals surface area (Å²) in [7, 11) is 0. The molecular weight excluding hydrogens is 650 g/mol. The van der Waals surface area contributed by atoms with Crippen molar-refractivity contribution in [2.45, 2.75) is 96.0 Å². The van der Waals surface area contributed by atoms with Gasteiger partial charge in [0.2, 0.25) is 23.6 Å². The Kier molecular flexibility index (Phi) is 15.1. The minimum Gasteiger partial charge on any atom is -0.379 e. The minimum atomic E-state index is -1.02. The third kappa shape index (κ3) is 12.9. The molecule has 0 aromatic heterocycles. The lowest BCUT2D eigenvalue weighted by atomic mass is 9.93. The van der Waals surface area contributed by atoms with Crippen molar-refractivity contribution < 1.29 is 33.4 Å². The number of nitrogens with zero attached hydrogens (tertiary/aromatic N) is 1. The summed E-state index contributed by atoms with van der Waals surface area (Å²) in [6, 6.07) is 15.3. The van der Waals surface area contributed by atoms with Gasteiger partial charge in [-0.25, -0.2) is 0 Å². The fourth-order valence-electron chi connectivity index (χ4n) is 6.18. The van der Waals surface area contributed by atoms with E-state index in [2.05, 4.69) is 21.3 Å². The lowest BCUT2D eigenvalue weighted by Crippen LogP contribution is -2.59. The number of hydrogen-bond acceptors (Lipinski definition) is 8. The predicted molar refractivity (Wildman–Crippen MR) is 194 cm³/mol. The Morgan fingerprint density at radius 2 is 1.27 bits per heavy atom. The standard InChI is InChI=1S/C39H55N5O7/c1-5-12-30(41-37(48)31(18-17-28-13-8-6-9-14-28)40-34(45)25-44-19-21-50-22-20-44)36(47)43-33(24-29-15-10-7-11-16-29)38(49)42-32(23-27(2)3)35(46)39(4)26-51-39/h6-11,13-16,27,30-33H,5,12,17-26H2,1-4H3,(H,40,45)(H,41,48)(H,42,49)(H,43,47). The van der Waals surface area contributed by atoms with Gasteiger partial charge in [-0.05, 0) is 49.7 Å². The van der Waals surface area contributed by atoms with E-state index in [0.717, 1.165) is 11.1 Å². The molecule has 4 rings (SSSR count). The van der Waals surface area contributed by atoms with E-state index < -0.39 is 47.5 Å². The van der Waals surface area contributed by atoms with Crippen LogP contribution in [-0.4, -0.2) is 104 Å². The second kappa shape index (κ2) is 19.5. The number of ketones is 1. The summed E-state index contributed by atoms with van der Waals surface area (Å²) >= 11 is 0. The maximum atomic E-state index is 13.9. The van der Waals surface area contributed by atoms with E-state index in [9.17, 15) is 24.0 Å². The number of amides is 4. The number of hydrogen-bond donors (Lipinski definition) is 4. The molecule has 51 heavy (non-hydrogen) atoms. The zero-order valence-corrected chi connectivity index (χ0v) is 30.5. The Labute approximate surface area is 301 Å². The molecule has 2 saturated heterocycles. The maximum absolute atomic E-state index is 13.9. The van der Waals surface area contributed by atoms with Crippen molar-refractivity contribution in [1.82, 2.24) is 26.2 Å². The number of epoxide rings is 1. The summed E-state index contributed by atoms with van der Waals surface area (Å²) < 4.78 is 10.8. The average molecular weight is 706 g/mol. The molecule has 4 amide bonds. The lowest BCUT2D eigenvalue weighted by molar-refractivity contribution is -0.135. The van der Waals surface area contributed by atoms with Gasteiger partial charge in [0.15, 0.2) is 5.78 Å². The summed E-state index contributed by atoms with van der Waals surface area (Å²) in [5.41, 5.74) is 0.921. The first kappa shape index (κ1) is 39.7. The SMILES string of the molecule is CCCC(NC(=O)C(CCc1ccccc1)NC(=O)CN1CCOCC1)C(=O)NC(Cc1ccccc1)C(=O)NC(CC(C)C)C(=O)C1(C)CO1. The zero-order chi connectivity index (χ0) is 36.8. The topological polar surface area (TPSA) is 158 Å². The van der Waals surface area contributed by atoms with Crippen LogP contribution in [0.1, 0.15) is 64.5 Å². The molecule has 12 heteroatoms. The summed E-state index contributed by atoms with van der Waals surface area (Å²) in [6.45, 7) is 10.4. The molecule has 2 aliphatic heterocycles. The van der Waals surface area contributed by atoms with E-state index in [4.69, 9.17) is 9.47 Å². The molecule has 2 aromatic carbocycles. The van der Waals surface area contributed by atoms with Gasteiger partial charge in [-0.15, -0.1) is 0 Å². The molecule has 2 heterocycles. The number of nitrogens with one attached hydrogen (secondary N) is 4. The fourth-order valence-corrected chi connectivity index (χ4v) is 6.18. The number of aryl methyl sites for hydroxylation is 1. The van der Waals surface area contributed by atoms with E-state index in [1.165, 1.54) is 0 Å². The van der Waals surface area contributed by atoms with Gasteiger partial charge in [0, 0.05) is 19.5 Å². The average Bonchev–Trinajstić information content (AvgIpc) is 3.88. The Hall–Kier alpha value is -4.13. The van der Waals surface area contributed by atoms with Gasteiger partial charge < -0.3 is 30.7 Å². The van der Waals surface area contributed by atoms with Crippen LogP contribution in [0.25, 0.3) is 0 Å². The van der Waals surface area contributed by atoms with Crippen molar-refractivity contribution in [2.75, 3.05) is 39.5 Å². The maximum Gasteiger partial charge on any atom is 0.243 e. The van der Waals surface area contributed by atoms with E-state index in [1.807, 2.05) is 86.3 Å². The van der Waals surface area contributed by atoms with Gasteiger partial charge in [0.05, 0.1) is 32.4 Å². The van der Waals surface area contributed by atoms with Crippen molar-refractivity contribution in [1.29, 1.82) is 0 Å². The van der Waals surface area contributed by atoms with Gasteiger partial charge in [-0.3, -0.25) is 28.9 Å². The number of carbonyl (C=O) groups excluding carboxylic acids is 5. The molecule has 5 atom stereocenters. The second-order valence-electron chi connectivity index (χ2n) is 14.2. The van der Waals surface area contributed by atoms with Crippen LogP contribution in [0, 0.1) is 5.92 Å². The number of morpholine rings is 1. The van der Waals surface area contributed by atoms with E-state index in [-0.39, 0.29) is 30.6 Å². The summed E-state index contributed by atoms with van der Waals surface area (Å²) in [4.78, 5) is 70.0. The van der Waals surface area contributed by atoms with Crippen LogP contribution in [0.3, 0.4) is 0 Å². The van der Waals surface area contributed by atoms with E-state index in [0.29, 0.717) is 65.0 Å². The van der Waals surface area contributed by atoms with Crippen molar-refractivity contribution in [3.8, 4) is 0 Å². The Balaban J connectivity index is 1.48. The van der Waals surface area contributed by atoms with Crippen LogP contribution in [0.5, 0.6) is 0 Å². The molecule has 2 aromatic rings. The first-order valence-electron chi connectivity index (χ1n) is 18.2. The molecule has 2 fully saturated rings. The zero-order valence-electron chi connectivity index (χ0n) is 30.5. The first-order chi connectivity index (χ1) is 24.5. The van der Waals surface area contributed by atoms with Gasteiger partial charge in [0.25, 0.3) is 0 Å². The molecule has 4 N–H and O–H groups in total. The highest BCUT2D eigenvalue weighted by Crippen LogP contribution is 2.29. The lowest BCUT2D eigenvalue weighted by Gasteiger charge is -2.28. The highest BCUT2D eigenvalue weighted by atomic mass is 16.6. The van der Waals surface area contributed by atoms with Gasteiger partial charge in [-0.2, -0.15) is 0 Å². The van der Waals surface area contributed by atoms with Crippen molar-refractivity contribution in [2.24, 2.45) is 5.92 Å². The first-order valence-corrected chi connectivity index (χ1v) is 18.2. The summed E-state index contributed by atoms with van der Waals surface area (Å²) in [5.74, 6) is -1.84. The Morgan fingerprint density at radius 1 is 0.745 bits per heavy atom. The largest absolute Gasteiger partial charge is 0.379 e. The molecule has 5 unspecified atom stereocenters. The van der Waals surface area contributed by atoms with Crippen molar-refractivity contribution >= 4 is 29.4 Å². The van der Waals surface area contributed by atoms with Gasteiger partial charge in [-0.1, -0.05) is 87.9 Å². The van der Waals surface area contributed by atoms with E-state index in [1.54, 1.807) is 6.92 Å². The predicted octanol–water partition coefficient (Wildman–Crippen LogP) is 2.34. The van der Waals surface area contributed by atoms with Crippen LogP contribution in [-0.2, 0) is 46.3 Å². The van der Waals surface area contributed by atoms with E-state index >= 15 is 0 Å². The van der Waals surface area contributed by atoms with Crippen LogP contribution in [0.15, 0.2) is 60.7 Å². The highest BCUT2D eigenvalue weighted by molar-refractivity contribution is 5.98. The quantitative estimate of drug-likeness (QED) is 0.153. The number of carbonyl (C=O) groups is 5. The van der Waals surface area contributed by atoms with Crippen LogP contribution < -0.4 is 21.3 Å². The number of rotatable bonds is 20. The molecule has 0 bridgehead atoms. The number of Topliss-reactive ketones (excluding diaryl/α,β-unsaturated/α-hetero) is 1. The highest BCUT2D eigenvalue weighted by Gasteiger charge is 2.50. The molecule has 12 nitrogen and oxygen atoms in total. The number of benzene rings is 2. The molecule has 0 spiro atoms. The van der Waals surface area contributed by atoms with Crippen LogP contribution >= 0.6 is 0 Å². The minimum absolute atomic E-state index is 0.122. The van der Waals surface area contributed by atoms with Crippen LogP contribution in [0.2, 0.25) is 0 Å². The second-order valence-corrected chi connectivity index (χ2v) is 14.2. The van der Waals surface area contributed by atoms with Crippen LogP contribution in [0.4, 0.5) is 0 Å². The fraction of sp³-hybridized carbons (Fsp3) is 0.564. The Bertz CT molecular complexity index is 1440. The Morgan fingerprint density at radius 3 is 1.84 bits per heavy atom. The third-order valence-electron chi connectivity index (χ3n) is 9.25. The van der Waals surface area contributed by atoms with Gasteiger partial charge >= 0.3 is 0 Å². The molecule has 2 aliphatic rings. The third-order valence-corrected chi connectivity index (χ3v) is 9.25. The molecular formula is C39H55N5O7. The van der Waals surface area contributed by atoms with Gasteiger partial charge in [0.1, 0.15) is 23.7 Å². The monoisotopic (exact) mass is 705 g/mol. The molecule has 0 radical (unpaired) electrons. The summed E-state index contributed by atoms with van der Waals surface area (Å²) in [5, 5.41) is 11.6.